The summed E-state index contributed by atoms with van der Waals surface area (Å²) < 4.78 is 7.66. The number of ether oxygens (including phenoxy) is 1. The summed E-state index contributed by atoms with van der Waals surface area (Å²) in [6.45, 7) is 2.54. The second-order valence-electron chi connectivity index (χ2n) is 7.05. The van der Waals surface area contributed by atoms with Crippen molar-refractivity contribution < 1.29 is 9.84 Å². The van der Waals surface area contributed by atoms with Crippen molar-refractivity contribution in [2.45, 2.75) is 26.0 Å². The first-order valence-electron chi connectivity index (χ1n) is 9.91. The Morgan fingerprint density at radius 3 is 2.69 bits per heavy atom. The first-order valence-corrected chi connectivity index (χ1v) is 9.91. The van der Waals surface area contributed by atoms with Gasteiger partial charge in [-0.25, -0.2) is 14.6 Å². The number of hydrogen-bond acceptors (Lipinski definition) is 9. The van der Waals surface area contributed by atoms with Crippen molar-refractivity contribution in [3.05, 3.63) is 66.7 Å². The number of aromatic nitrogens is 6. The van der Waals surface area contributed by atoms with Crippen molar-refractivity contribution in [3.63, 3.8) is 0 Å². The average molecular weight is 428 g/mol. The van der Waals surface area contributed by atoms with Gasteiger partial charge in [-0.1, -0.05) is 18.2 Å². The van der Waals surface area contributed by atoms with Gasteiger partial charge in [-0.3, -0.25) is 0 Å². The van der Waals surface area contributed by atoms with E-state index in [1.807, 2.05) is 13.0 Å². The Morgan fingerprint density at radius 2 is 1.97 bits per heavy atom. The van der Waals surface area contributed by atoms with E-state index in [2.05, 4.69) is 36.9 Å². The number of nitrogens with one attached hydrogen (secondary N) is 1. The molecule has 1 atom stereocenters. The Kier molecular flexibility index (Phi) is 6.17. The molecule has 0 saturated heterocycles. The lowest BCUT2D eigenvalue weighted by Crippen LogP contribution is -2.16. The minimum atomic E-state index is -0.150. The topological polar surface area (TPSA) is 135 Å². The fourth-order valence-corrected chi connectivity index (χ4v) is 3.01. The second kappa shape index (κ2) is 9.53. The average Bonchev–Trinajstić information content (AvgIpc) is 3.33. The van der Waals surface area contributed by atoms with Gasteiger partial charge in [-0.2, -0.15) is 5.26 Å². The van der Waals surface area contributed by atoms with Gasteiger partial charge >= 0.3 is 0 Å². The summed E-state index contributed by atoms with van der Waals surface area (Å²) >= 11 is 0. The summed E-state index contributed by atoms with van der Waals surface area (Å²) in [7, 11) is 0. The van der Waals surface area contributed by atoms with Crippen molar-refractivity contribution in [1.29, 1.82) is 5.26 Å². The summed E-state index contributed by atoms with van der Waals surface area (Å²) in [5.41, 5.74) is 2.55. The third-order valence-electron chi connectivity index (χ3n) is 4.72. The molecule has 2 heterocycles. The molecule has 0 radical (unpaired) electrons. The number of para-hydroxylation sites is 2. The molecule has 0 unspecified atom stereocenters. The highest BCUT2D eigenvalue weighted by Crippen LogP contribution is 2.29. The van der Waals surface area contributed by atoms with E-state index >= 15 is 0 Å². The molecule has 0 aliphatic carbocycles. The van der Waals surface area contributed by atoms with Crippen LogP contribution in [0.25, 0.3) is 11.1 Å². The van der Waals surface area contributed by atoms with Crippen molar-refractivity contribution in [3.8, 4) is 28.7 Å². The highest BCUT2D eigenvalue weighted by Gasteiger charge is 2.12. The molecule has 0 amide bonds. The highest BCUT2D eigenvalue weighted by atomic mass is 16.5. The van der Waals surface area contributed by atoms with Gasteiger partial charge < -0.3 is 15.2 Å². The fraction of sp³-hybridized carbons (Fsp3) is 0.182. The molecule has 2 aromatic heterocycles. The lowest BCUT2D eigenvalue weighted by molar-refractivity contribution is 0.201. The van der Waals surface area contributed by atoms with Crippen LogP contribution in [0.15, 0.2) is 61.2 Å². The van der Waals surface area contributed by atoms with Crippen LogP contribution in [0.3, 0.4) is 0 Å². The van der Waals surface area contributed by atoms with Crippen LogP contribution in [0.5, 0.6) is 11.5 Å². The zero-order chi connectivity index (χ0) is 22.3. The molecule has 160 valence electrons. The number of nitriles is 1. The predicted molar refractivity (Wildman–Crippen MR) is 116 cm³/mol. The van der Waals surface area contributed by atoms with Gasteiger partial charge in [0.05, 0.1) is 17.4 Å². The smallest absolute Gasteiger partial charge is 0.227 e. The molecule has 0 bridgehead atoms. The number of rotatable bonds is 8. The molecule has 4 aromatic rings. The van der Waals surface area contributed by atoms with E-state index in [-0.39, 0.29) is 11.9 Å². The van der Waals surface area contributed by atoms with E-state index in [1.54, 1.807) is 59.8 Å². The molecular weight excluding hydrogens is 408 g/mol. The molecule has 0 fully saturated rings. The van der Waals surface area contributed by atoms with Crippen LogP contribution in [-0.2, 0) is 6.54 Å². The van der Waals surface area contributed by atoms with Crippen LogP contribution in [0.4, 0.5) is 11.6 Å². The Bertz CT molecular complexity index is 1220. The zero-order valence-corrected chi connectivity index (χ0v) is 17.3. The number of phenolic OH excluding ortho intramolecular Hbond substituents is 1. The van der Waals surface area contributed by atoms with E-state index in [4.69, 9.17) is 4.74 Å². The molecule has 10 heteroatoms. The van der Waals surface area contributed by atoms with Gasteiger partial charge in [0.1, 0.15) is 23.9 Å². The standard InChI is InChI=1S/C22H20N8O2/c1-15(8-9-30-14-26-28-29-30)32-21-10-16(6-7-17(21)11-23)18-12-24-22(25-13-18)27-19-4-2-3-5-20(19)31/h2-7,10,12-15,31H,8-9H2,1H3,(H,24,25,27)/t15-/m0/s1. The monoisotopic (exact) mass is 428 g/mol. The number of anilines is 2. The normalized spacial score (nSPS) is 11.5. The number of nitrogens with zero attached hydrogens (tertiary/aromatic N) is 7. The van der Waals surface area contributed by atoms with E-state index in [0.717, 1.165) is 11.1 Å². The van der Waals surface area contributed by atoms with Gasteiger partial charge in [-0.15, -0.1) is 5.10 Å². The van der Waals surface area contributed by atoms with Crippen LogP contribution < -0.4 is 10.1 Å². The fourth-order valence-electron chi connectivity index (χ4n) is 3.01. The number of phenols is 1. The maximum Gasteiger partial charge on any atom is 0.227 e. The number of hydrogen-bond donors (Lipinski definition) is 2. The number of tetrazole rings is 1. The second-order valence-corrected chi connectivity index (χ2v) is 7.05. The Hall–Kier alpha value is -4.52. The minimum absolute atomic E-state index is 0.114. The van der Waals surface area contributed by atoms with E-state index in [0.29, 0.717) is 35.9 Å². The highest BCUT2D eigenvalue weighted by molar-refractivity contribution is 5.67. The molecule has 0 aliphatic rings. The van der Waals surface area contributed by atoms with Crippen molar-refractivity contribution in [2.24, 2.45) is 0 Å². The summed E-state index contributed by atoms with van der Waals surface area (Å²) in [5, 5.41) is 33.4. The summed E-state index contributed by atoms with van der Waals surface area (Å²) in [6.07, 6.45) is 5.41. The van der Waals surface area contributed by atoms with Gasteiger partial charge in [0, 0.05) is 30.9 Å². The predicted octanol–water partition coefficient (Wildman–Crippen LogP) is 3.31. The maximum atomic E-state index is 9.88. The van der Waals surface area contributed by atoms with E-state index in [1.165, 1.54) is 0 Å². The molecule has 2 aromatic carbocycles. The summed E-state index contributed by atoms with van der Waals surface area (Å²) in [4.78, 5) is 8.64. The summed E-state index contributed by atoms with van der Waals surface area (Å²) in [5.74, 6) is 0.963. The quantitative estimate of drug-likeness (QED) is 0.405. The first kappa shape index (κ1) is 20.7. The van der Waals surface area contributed by atoms with Crippen LogP contribution in [-0.4, -0.2) is 41.4 Å². The molecule has 0 saturated carbocycles. The zero-order valence-electron chi connectivity index (χ0n) is 17.3. The number of aromatic hydroxyl groups is 1. The molecule has 10 nitrogen and oxygen atoms in total. The van der Waals surface area contributed by atoms with Crippen LogP contribution in [0, 0.1) is 11.3 Å². The molecule has 0 spiro atoms. The number of benzene rings is 2. The first-order chi connectivity index (χ1) is 15.6. The third kappa shape index (κ3) is 4.96. The van der Waals surface area contributed by atoms with Gasteiger partial charge in [0.25, 0.3) is 0 Å². The third-order valence-corrected chi connectivity index (χ3v) is 4.72. The largest absolute Gasteiger partial charge is 0.506 e. The van der Waals surface area contributed by atoms with E-state index in [9.17, 15) is 10.4 Å². The lowest BCUT2D eigenvalue weighted by atomic mass is 10.1. The Balaban J connectivity index is 1.47. The van der Waals surface area contributed by atoms with Gasteiger partial charge in [0.2, 0.25) is 5.95 Å². The van der Waals surface area contributed by atoms with Gasteiger partial charge in [0.15, 0.2) is 0 Å². The molecule has 32 heavy (non-hydrogen) atoms. The molecule has 4 rings (SSSR count). The summed E-state index contributed by atoms with van der Waals surface area (Å²) in [6, 6.07) is 14.4. The molecular formula is C22H20N8O2. The van der Waals surface area contributed by atoms with E-state index < -0.39 is 0 Å². The lowest BCUT2D eigenvalue weighted by Gasteiger charge is -2.16. The Morgan fingerprint density at radius 1 is 1.16 bits per heavy atom. The maximum absolute atomic E-state index is 9.88. The molecule has 2 N–H and O–H groups in total. The molecule has 0 aliphatic heterocycles. The number of aryl methyl sites for hydroxylation is 1. The van der Waals surface area contributed by atoms with Gasteiger partial charge in [-0.05, 0) is 47.2 Å². The van der Waals surface area contributed by atoms with Crippen molar-refractivity contribution in [1.82, 2.24) is 30.2 Å². The van der Waals surface area contributed by atoms with Crippen LogP contribution in [0.2, 0.25) is 0 Å². The van der Waals surface area contributed by atoms with Crippen molar-refractivity contribution >= 4 is 11.6 Å². The van der Waals surface area contributed by atoms with Crippen LogP contribution >= 0.6 is 0 Å². The minimum Gasteiger partial charge on any atom is -0.506 e. The van der Waals surface area contributed by atoms with Crippen LogP contribution in [0.1, 0.15) is 18.9 Å². The SMILES string of the molecule is C[C@@H](CCn1cnnn1)Oc1cc(-c2cnc(Nc3ccccc3O)nc2)ccc1C#N. The van der Waals surface area contributed by atoms with Crippen molar-refractivity contribution in [2.75, 3.05) is 5.32 Å². The Labute approximate surface area is 184 Å².